The van der Waals surface area contributed by atoms with Crippen LogP contribution in [0.25, 0.3) is 55.1 Å². The highest BCUT2D eigenvalue weighted by molar-refractivity contribution is 6.11. The first-order valence-corrected chi connectivity index (χ1v) is 19.4. The number of benzene rings is 5. The van der Waals surface area contributed by atoms with E-state index in [9.17, 15) is 0 Å². The number of rotatable bonds is 2. The summed E-state index contributed by atoms with van der Waals surface area (Å²) in [5.74, 6) is 1.02. The van der Waals surface area contributed by atoms with Crippen LogP contribution in [0.15, 0.2) is 134 Å². The van der Waals surface area contributed by atoms with Gasteiger partial charge < -0.3 is 4.57 Å². The summed E-state index contributed by atoms with van der Waals surface area (Å²) in [5.41, 5.74) is 15.3. The van der Waals surface area contributed by atoms with Crippen LogP contribution in [0.1, 0.15) is 76.3 Å². The molecule has 55 heavy (non-hydrogen) atoms. The van der Waals surface area contributed by atoms with Gasteiger partial charge in [-0.3, -0.25) is 9.47 Å². The van der Waals surface area contributed by atoms with E-state index >= 15 is 0 Å². The Bertz CT molecular complexity index is 3020. The van der Waals surface area contributed by atoms with Gasteiger partial charge in [-0.25, -0.2) is 9.97 Å². The Hall–Kier alpha value is -6.20. The van der Waals surface area contributed by atoms with Crippen LogP contribution in [0, 0.1) is 0 Å². The van der Waals surface area contributed by atoms with Crippen molar-refractivity contribution in [1.29, 1.82) is 0 Å². The van der Waals surface area contributed by atoms with E-state index in [1.807, 2.05) is 18.5 Å². The molecule has 268 valence electrons. The van der Waals surface area contributed by atoms with Crippen LogP contribution in [0.5, 0.6) is 0 Å². The predicted octanol–water partition coefficient (Wildman–Crippen LogP) is 12.7. The Morgan fingerprint density at radius 2 is 1.07 bits per heavy atom. The molecule has 0 aliphatic carbocycles. The molecule has 0 unspecified atom stereocenters. The lowest BCUT2D eigenvalue weighted by Crippen LogP contribution is -2.39. The fourth-order valence-corrected chi connectivity index (χ4v) is 9.76. The number of hydrogen-bond donors (Lipinski definition) is 0. The van der Waals surface area contributed by atoms with Gasteiger partial charge in [0.05, 0.1) is 27.9 Å². The summed E-state index contributed by atoms with van der Waals surface area (Å²) in [6.45, 7) is 16.5. The van der Waals surface area contributed by atoms with E-state index in [1.165, 1.54) is 60.9 Å². The normalized spacial score (nSPS) is 15.4. The molecule has 0 N–H and O–H groups in total. The van der Waals surface area contributed by atoms with E-state index in [0.29, 0.717) is 0 Å². The molecule has 9 aromatic rings. The van der Waals surface area contributed by atoms with E-state index in [1.54, 1.807) is 0 Å². The lowest BCUT2D eigenvalue weighted by atomic mass is 9.65. The number of fused-ring (bicyclic) bond motifs is 10. The van der Waals surface area contributed by atoms with Gasteiger partial charge in [-0.05, 0) is 82.3 Å². The molecule has 0 bridgehead atoms. The number of hydrogen-bond acceptors (Lipinski definition) is 3. The number of pyridine rings is 2. The van der Waals surface area contributed by atoms with Crippen molar-refractivity contribution in [2.45, 2.75) is 64.7 Å². The van der Waals surface area contributed by atoms with Crippen molar-refractivity contribution in [2.24, 2.45) is 0 Å². The molecule has 0 amide bonds. The first-order valence-electron chi connectivity index (χ1n) is 19.4. The van der Waals surface area contributed by atoms with Crippen molar-refractivity contribution in [3.63, 3.8) is 0 Å². The standard InChI is InChI=1S/C50H43N5/c1-48(2,3)30-26-39-45-40(27-30)50(6,7)38-17-13-25-52-47(38)55(45)44-29-31(21-23-37(44)49(39,4)5)53-41-18-10-8-14-33(41)35-22-20-32(28-43(35)53)54-42-19-11-9-15-34(42)36-16-12-24-51-46(36)54/h8-29H,1-7H3. The summed E-state index contributed by atoms with van der Waals surface area (Å²) < 4.78 is 4.76. The van der Waals surface area contributed by atoms with Crippen molar-refractivity contribution in [2.75, 3.05) is 4.90 Å². The van der Waals surface area contributed by atoms with Gasteiger partial charge in [0, 0.05) is 61.7 Å². The third kappa shape index (κ3) is 4.24. The first kappa shape index (κ1) is 32.2. The minimum absolute atomic E-state index is 0.00650. The van der Waals surface area contributed by atoms with Crippen molar-refractivity contribution in [3.8, 4) is 11.4 Å². The van der Waals surface area contributed by atoms with Crippen LogP contribution in [0.3, 0.4) is 0 Å². The SMILES string of the molecule is CC(C)(C)c1cc2c3c(c1)C(C)(C)c1cccnc1N3c1cc(-n3c4ccccc4c4ccc(-n5c6ccccc6c6cccnc65)cc43)ccc1C2(C)C. The Balaban J connectivity index is 1.19. The third-order valence-corrected chi connectivity index (χ3v) is 12.7. The van der Waals surface area contributed by atoms with Crippen molar-refractivity contribution in [1.82, 2.24) is 19.1 Å². The molecule has 0 radical (unpaired) electrons. The van der Waals surface area contributed by atoms with Gasteiger partial charge in [0.1, 0.15) is 11.5 Å². The molecule has 11 rings (SSSR count). The maximum atomic E-state index is 5.15. The van der Waals surface area contributed by atoms with Gasteiger partial charge in [0.25, 0.3) is 0 Å². The zero-order chi connectivity index (χ0) is 37.6. The van der Waals surface area contributed by atoms with Gasteiger partial charge in [0.2, 0.25) is 0 Å². The lowest BCUT2D eigenvalue weighted by molar-refractivity contribution is 0.562. The van der Waals surface area contributed by atoms with E-state index < -0.39 is 0 Å². The molecule has 5 heteroatoms. The quantitative estimate of drug-likeness (QED) is 0.179. The van der Waals surface area contributed by atoms with Crippen molar-refractivity contribution in [3.05, 3.63) is 162 Å². The summed E-state index contributed by atoms with van der Waals surface area (Å²) in [4.78, 5) is 12.5. The van der Waals surface area contributed by atoms with Crippen LogP contribution in [0.2, 0.25) is 0 Å². The van der Waals surface area contributed by atoms with Crippen molar-refractivity contribution >= 4 is 60.9 Å². The van der Waals surface area contributed by atoms with Crippen LogP contribution in [-0.2, 0) is 16.2 Å². The third-order valence-electron chi connectivity index (χ3n) is 12.7. The molecular weight excluding hydrogens is 671 g/mol. The maximum Gasteiger partial charge on any atom is 0.145 e. The molecule has 0 saturated heterocycles. The van der Waals surface area contributed by atoms with Crippen molar-refractivity contribution < 1.29 is 0 Å². The van der Waals surface area contributed by atoms with Crippen LogP contribution in [-0.4, -0.2) is 19.1 Å². The molecule has 4 aromatic heterocycles. The van der Waals surface area contributed by atoms with Gasteiger partial charge in [-0.15, -0.1) is 0 Å². The number of aromatic nitrogens is 4. The fourth-order valence-electron chi connectivity index (χ4n) is 9.76. The first-order chi connectivity index (χ1) is 26.4. The van der Waals surface area contributed by atoms with Crippen LogP contribution >= 0.6 is 0 Å². The number of para-hydroxylation sites is 2. The highest BCUT2D eigenvalue weighted by Gasteiger charge is 2.47. The van der Waals surface area contributed by atoms with Gasteiger partial charge >= 0.3 is 0 Å². The van der Waals surface area contributed by atoms with Gasteiger partial charge in [-0.2, -0.15) is 0 Å². The summed E-state index contributed by atoms with van der Waals surface area (Å²) in [6, 6.07) is 44.9. The summed E-state index contributed by atoms with van der Waals surface area (Å²) in [7, 11) is 0. The van der Waals surface area contributed by atoms with Crippen LogP contribution < -0.4 is 4.90 Å². The zero-order valence-corrected chi connectivity index (χ0v) is 32.4. The average molecular weight is 714 g/mol. The monoisotopic (exact) mass is 713 g/mol. The van der Waals surface area contributed by atoms with E-state index in [2.05, 4.69) is 178 Å². The number of nitrogens with zero attached hydrogens (tertiary/aromatic N) is 5. The summed E-state index contributed by atoms with van der Waals surface area (Å²) >= 11 is 0. The zero-order valence-electron chi connectivity index (χ0n) is 32.4. The summed E-state index contributed by atoms with van der Waals surface area (Å²) in [5, 5.41) is 4.82. The molecule has 6 heterocycles. The Morgan fingerprint density at radius 3 is 1.82 bits per heavy atom. The molecule has 5 nitrogen and oxygen atoms in total. The largest absolute Gasteiger partial charge is 0.309 e. The second-order valence-electron chi connectivity index (χ2n) is 17.6. The van der Waals surface area contributed by atoms with E-state index in [-0.39, 0.29) is 16.2 Å². The summed E-state index contributed by atoms with van der Waals surface area (Å²) in [6.07, 6.45) is 3.84. The molecule has 0 spiro atoms. The van der Waals surface area contributed by atoms with E-state index in [4.69, 9.17) is 9.97 Å². The van der Waals surface area contributed by atoms with Crippen LogP contribution in [0.4, 0.5) is 17.2 Å². The predicted molar refractivity (Wildman–Crippen MR) is 228 cm³/mol. The molecule has 0 saturated carbocycles. The molecule has 2 aliphatic heterocycles. The maximum absolute atomic E-state index is 5.15. The van der Waals surface area contributed by atoms with Gasteiger partial charge in [0.15, 0.2) is 0 Å². The number of anilines is 3. The second-order valence-corrected chi connectivity index (χ2v) is 17.6. The molecule has 2 aliphatic rings. The molecular formula is C50H43N5. The minimum atomic E-state index is -0.240. The molecule has 0 atom stereocenters. The Morgan fingerprint density at radius 1 is 0.491 bits per heavy atom. The highest BCUT2D eigenvalue weighted by atomic mass is 15.2. The average Bonchev–Trinajstić information content (AvgIpc) is 3.69. The molecule has 5 aromatic carbocycles. The lowest BCUT2D eigenvalue weighted by Gasteiger charge is -2.49. The Labute approximate surface area is 321 Å². The highest BCUT2D eigenvalue weighted by Crippen LogP contribution is 2.60. The second kappa shape index (κ2) is 10.7. The van der Waals surface area contributed by atoms with E-state index in [0.717, 1.165) is 39.3 Å². The topological polar surface area (TPSA) is 38.9 Å². The Kier molecular flexibility index (Phi) is 6.29. The van der Waals surface area contributed by atoms with Gasteiger partial charge in [-0.1, -0.05) is 115 Å². The fraction of sp³-hybridized carbons (Fsp3) is 0.200. The smallest absolute Gasteiger partial charge is 0.145 e. The molecule has 0 fully saturated rings. The minimum Gasteiger partial charge on any atom is -0.309 e.